The lowest BCUT2D eigenvalue weighted by atomic mass is 10.2. The lowest BCUT2D eigenvalue weighted by molar-refractivity contribution is -0.384. The summed E-state index contributed by atoms with van der Waals surface area (Å²) in [5.74, 6) is 0. The highest BCUT2D eigenvalue weighted by molar-refractivity contribution is 7.85. The highest BCUT2D eigenvalue weighted by Crippen LogP contribution is 2.28. The number of rotatable bonds is 5. The predicted octanol–water partition coefficient (Wildman–Crippen LogP) is 3.19. The maximum Gasteiger partial charge on any atom is 0.293 e. The number of anilines is 1. The van der Waals surface area contributed by atoms with Crippen LogP contribution in [0.3, 0.4) is 0 Å². The van der Waals surface area contributed by atoms with E-state index in [1.165, 1.54) is 6.07 Å². The van der Waals surface area contributed by atoms with Crippen LogP contribution in [0.15, 0.2) is 58.3 Å². The fraction of sp³-hybridized carbons (Fsp3) is 0.143. The molecule has 0 radical (unpaired) electrons. The lowest BCUT2D eigenvalue weighted by Gasteiger charge is -2.07. The molecule has 20 heavy (non-hydrogen) atoms. The van der Waals surface area contributed by atoms with E-state index in [-0.39, 0.29) is 5.69 Å². The van der Waals surface area contributed by atoms with E-state index in [0.717, 1.165) is 0 Å². The molecule has 1 atom stereocenters. The van der Waals surface area contributed by atoms with Crippen molar-refractivity contribution < 1.29 is 9.13 Å². The summed E-state index contributed by atoms with van der Waals surface area (Å²) in [6.07, 6.45) is 0. The van der Waals surface area contributed by atoms with Crippen molar-refractivity contribution >= 4 is 22.2 Å². The number of benzene rings is 2. The van der Waals surface area contributed by atoms with Gasteiger partial charge in [-0.15, -0.1) is 0 Å². The van der Waals surface area contributed by atoms with Crippen molar-refractivity contribution in [3.05, 3.63) is 58.6 Å². The number of hydrogen-bond acceptors (Lipinski definition) is 4. The van der Waals surface area contributed by atoms with Crippen molar-refractivity contribution in [3.8, 4) is 0 Å². The van der Waals surface area contributed by atoms with Crippen LogP contribution in [-0.2, 0) is 10.8 Å². The molecule has 2 aromatic rings. The van der Waals surface area contributed by atoms with Crippen molar-refractivity contribution in [1.29, 1.82) is 0 Å². The van der Waals surface area contributed by atoms with Crippen molar-refractivity contribution in [2.24, 2.45) is 0 Å². The average molecular weight is 290 g/mol. The molecule has 0 amide bonds. The predicted molar refractivity (Wildman–Crippen MR) is 78.4 cm³/mol. The summed E-state index contributed by atoms with van der Waals surface area (Å²) < 4.78 is 12.4. The van der Waals surface area contributed by atoms with Gasteiger partial charge in [0.2, 0.25) is 0 Å². The van der Waals surface area contributed by atoms with E-state index in [1.807, 2.05) is 13.0 Å². The van der Waals surface area contributed by atoms with Gasteiger partial charge in [-0.1, -0.05) is 18.2 Å². The van der Waals surface area contributed by atoms with Gasteiger partial charge in [0, 0.05) is 17.5 Å². The molecular weight excluding hydrogens is 276 g/mol. The first kappa shape index (κ1) is 14.2. The fourth-order valence-electron chi connectivity index (χ4n) is 1.80. The van der Waals surface area contributed by atoms with E-state index in [9.17, 15) is 14.3 Å². The zero-order valence-electron chi connectivity index (χ0n) is 10.9. The Kier molecular flexibility index (Phi) is 4.47. The van der Waals surface area contributed by atoms with Gasteiger partial charge in [-0.25, -0.2) is 4.21 Å². The molecule has 104 valence electrons. The van der Waals surface area contributed by atoms with Gasteiger partial charge in [0.25, 0.3) is 5.69 Å². The van der Waals surface area contributed by atoms with Gasteiger partial charge in [0.1, 0.15) is 5.69 Å². The molecule has 1 unspecified atom stereocenters. The molecule has 6 heteroatoms. The van der Waals surface area contributed by atoms with Gasteiger partial charge in [0.05, 0.1) is 20.6 Å². The largest absolute Gasteiger partial charge is 0.380 e. The topological polar surface area (TPSA) is 72.2 Å². The van der Waals surface area contributed by atoms with E-state index >= 15 is 0 Å². The minimum atomic E-state index is -1.42. The summed E-state index contributed by atoms with van der Waals surface area (Å²) >= 11 is 0. The number of nitrogens with one attached hydrogen (secondary N) is 1. The van der Waals surface area contributed by atoms with Crippen LogP contribution in [-0.4, -0.2) is 15.7 Å². The zero-order valence-corrected chi connectivity index (χ0v) is 11.7. The van der Waals surface area contributed by atoms with Gasteiger partial charge in [-0.05, 0) is 31.2 Å². The minimum Gasteiger partial charge on any atom is -0.380 e. The van der Waals surface area contributed by atoms with Crippen molar-refractivity contribution in [3.63, 3.8) is 0 Å². The second-order valence-electron chi connectivity index (χ2n) is 4.05. The van der Waals surface area contributed by atoms with Crippen LogP contribution in [0.2, 0.25) is 0 Å². The second-order valence-corrected chi connectivity index (χ2v) is 5.53. The molecule has 2 rings (SSSR count). The van der Waals surface area contributed by atoms with Gasteiger partial charge in [-0.3, -0.25) is 10.1 Å². The highest BCUT2D eigenvalue weighted by atomic mass is 32.2. The smallest absolute Gasteiger partial charge is 0.293 e. The SMILES string of the molecule is CCNc1ccc(S(=O)c2ccccc2)cc1[N+](=O)[O-]. The molecular formula is C14H14N2O3S. The molecule has 0 aromatic heterocycles. The molecule has 2 aromatic carbocycles. The summed E-state index contributed by atoms with van der Waals surface area (Å²) in [6.45, 7) is 2.45. The first-order valence-corrected chi connectivity index (χ1v) is 7.27. The number of nitro benzene ring substituents is 1. The summed E-state index contributed by atoms with van der Waals surface area (Å²) in [5, 5.41) is 14.0. The van der Waals surface area contributed by atoms with E-state index < -0.39 is 15.7 Å². The maximum atomic E-state index is 12.4. The summed E-state index contributed by atoms with van der Waals surface area (Å²) in [4.78, 5) is 11.6. The first-order valence-electron chi connectivity index (χ1n) is 6.12. The summed E-state index contributed by atoms with van der Waals surface area (Å²) in [7, 11) is -1.42. The van der Waals surface area contributed by atoms with Crippen LogP contribution in [0, 0.1) is 10.1 Å². The van der Waals surface area contributed by atoms with Gasteiger partial charge in [-0.2, -0.15) is 0 Å². The Morgan fingerprint density at radius 1 is 1.15 bits per heavy atom. The summed E-state index contributed by atoms with van der Waals surface area (Å²) in [6, 6.07) is 13.5. The number of hydrogen-bond donors (Lipinski definition) is 1. The Hall–Kier alpha value is -2.21. The molecule has 0 aliphatic heterocycles. The van der Waals surface area contributed by atoms with Crippen LogP contribution in [0.1, 0.15) is 6.92 Å². The molecule has 1 N–H and O–H groups in total. The van der Waals surface area contributed by atoms with E-state index in [0.29, 0.717) is 22.0 Å². The maximum absolute atomic E-state index is 12.4. The third-order valence-electron chi connectivity index (χ3n) is 2.70. The Labute approximate surface area is 119 Å². The van der Waals surface area contributed by atoms with Gasteiger partial charge in [0.15, 0.2) is 0 Å². The molecule has 5 nitrogen and oxygen atoms in total. The molecule has 0 aliphatic carbocycles. The van der Waals surface area contributed by atoms with Crippen molar-refractivity contribution in [2.75, 3.05) is 11.9 Å². The third kappa shape index (κ3) is 3.03. The number of nitro groups is 1. The molecule has 0 saturated carbocycles. The van der Waals surface area contributed by atoms with E-state index in [1.54, 1.807) is 36.4 Å². The average Bonchev–Trinajstić information content (AvgIpc) is 2.48. The third-order valence-corrected chi connectivity index (χ3v) is 4.09. The highest BCUT2D eigenvalue weighted by Gasteiger charge is 2.17. The van der Waals surface area contributed by atoms with Crippen LogP contribution in [0.25, 0.3) is 0 Å². The second kappa shape index (κ2) is 6.29. The van der Waals surface area contributed by atoms with E-state index in [4.69, 9.17) is 0 Å². The zero-order chi connectivity index (χ0) is 14.5. The standard InChI is InChI=1S/C14H14N2O3S/c1-2-15-13-9-8-12(10-14(13)16(17)18)20(19)11-6-4-3-5-7-11/h3-10,15H,2H2,1H3. The molecule has 0 saturated heterocycles. The summed E-state index contributed by atoms with van der Waals surface area (Å²) in [5.41, 5.74) is 0.375. The minimum absolute atomic E-state index is 0.0615. The monoisotopic (exact) mass is 290 g/mol. The van der Waals surface area contributed by atoms with Crippen LogP contribution in [0.5, 0.6) is 0 Å². The number of nitrogens with zero attached hydrogens (tertiary/aromatic N) is 1. The van der Waals surface area contributed by atoms with Gasteiger partial charge < -0.3 is 5.32 Å². The van der Waals surface area contributed by atoms with Gasteiger partial charge >= 0.3 is 0 Å². The van der Waals surface area contributed by atoms with Crippen LogP contribution in [0.4, 0.5) is 11.4 Å². The molecule has 0 fully saturated rings. The van der Waals surface area contributed by atoms with Crippen LogP contribution >= 0.6 is 0 Å². The molecule has 0 aliphatic rings. The Balaban J connectivity index is 2.41. The van der Waals surface area contributed by atoms with Crippen LogP contribution < -0.4 is 5.32 Å². The lowest BCUT2D eigenvalue weighted by Crippen LogP contribution is -2.02. The fourth-order valence-corrected chi connectivity index (χ4v) is 2.88. The van der Waals surface area contributed by atoms with Crippen molar-refractivity contribution in [2.45, 2.75) is 16.7 Å². The normalized spacial score (nSPS) is 11.8. The van der Waals surface area contributed by atoms with Crippen molar-refractivity contribution in [1.82, 2.24) is 0 Å². The quantitative estimate of drug-likeness (QED) is 0.678. The Bertz CT molecular complexity index is 644. The van der Waals surface area contributed by atoms with E-state index in [2.05, 4.69) is 5.32 Å². The first-order chi connectivity index (χ1) is 9.63. The Morgan fingerprint density at radius 2 is 1.85 bits per heavy atom. The Morgan fingerprint density at radius 3 is 2.45 bits per heavy atom. The molecule has 0 spiro atoms. The molecule has 0 heterocycles. The molecule has 0 bridgehead atoms.